The van der Waals surface area contributed by atoms with Gasteiger partial charge in [0.05, 0.1) is 0 Å². The maximum absolute atomic E-state index is 12.6. The number of rotatable bonds is 4. The van der Waals surface area contributed by atoms with Gasteiger partial charge in [0.2, 0.25) is 0 Å². The van der Waals surface area contributed by atoms with Gasteiger partial charge in [-0.1, -0.05) is 29.3 Å². The maximum atomic E-state index is 12.6. The van der Waals surface area contributed by atoms with E-state index in [2.05, 4.69) is 20.3 Å². The minimum Gasteiger partial charge on any atom is -0.445 e. The zero-order valence-corrected chi connectivity index (χ0v) is 18.8. The first-order valence-electron chi connectivity index (χ1n) is 10.6. The number of piperidine rings is 1. The molecule has 168 valence electrons. The largest absolute Gasteiger partial charge is 0.445 e. The summed E-state index contributed by atoms with van der Waals surface area (Å²) in [4.78, 5) is 16.5. The second-order valence-electron chi connectivity index (χ2n) is 8.49. The van der Waals surface area contributed by atoms with Crippen LogP contribution < -0.4 is 0 Å². The average molecular weight is 476 g/mol. The first kappa shape index (κ1) is 21.5. The summed E-state index contributed by atoms with van der Waals surface area (Å²) in [5, 5.41) is 22.7. The zero-order valence-electron chi connectivity index (χ0n) is 17.2. The van der Waals surface area contributed by atoms with Crippen molar-refractivity contribution >= 4 is 40.3 Å². The first-order chi connectivity index (χ1) is 15.5. The van der Waals surface area contributed by atoms with Crippen LogP contribution in [0.25, 0.3) is 11.0 Å². The molecule has 2 aliphatic rings. The van der Waals surface area contributed by atoms with E-state index in [0.717, 1.165) is 41.7 Å². The van der Waals surface area contributed by atoms with Gasteiger partial charge in [-0.05, 0) is 59.7 Å². The van der Waals surface area contributed by atoms with Gasteiger partial charge in [-0.2, -0.15) is 15.4 Å². The Balaban J connectivity index is 1.18. The number of aromatic nitrogens is 3. The number of aliphatic hydroxyl groups is 1. The number of ether oxygens (including phenoxy) is 1. The number of amides is 1. The molecule has 3 heterocycles. The van der Waals surface area contributed by atoms with Crippen LogP contribution in [0, 0.1) is 11.8 Å². The quantitative estimate of drug-likeness (QED) is 0.594. The molecule has 8 nitrogen and oxygen atoms in total. The van der Waals surface area contributed by atoms with Crippen LogP contribution in [0.15, 0.2) is 36.4 Å². The highest BCUT2D eigenvalue weighted by molar-refractivity contribution is 6.34. The predicted octanol–water partition coefficient (Wildman–Crippen LogP) is 3.85. The molecular formula is C22H23Cl2N5O3. The third kappa shape index (κ3) is 4.41. The Morgan fingerprint density at radius 2 is 1.84 bits per heavy atom. The predicted molar refractivity (Wildman–Crippen MR) is 120 cm³/mol. The van der Waals surface area contributed by atoms with Crippen molar-refractivity contribution in [2.24, 2.45) is 11.8 Å². The molecule has 2 saturated heterocycles. The molecule has 2 fully saturated rings. The molecule has 10 heteroatoms. The SMILES string of the molecule is O=C(OCc1cc(Cl)cc(Cl)c1)N1C[C@H]2CCN(C(O)c3ccc4n[nH]nc4c3)C[C@@H]2C1. The highest BCUT2D eigenvalue weighted by Gasteiger charge is 2.40. The van der Waals surface area contributed by atoms with Gasteiger partial charge in [0.15, 0.2) is 0 Å². The van der Waals surface area contributed by atoms with Crippen molar-refractivity contribution in [1.29, 1.82) is 0 Å². The van der Waals surface area contributed by atoms with E-state index in [-0.39, 0.29) is 12.7 Å². The number of carbonyl (C=O) groups is 1. The summed E-state index contributed by atoms with van der Waals surface area (Å²) in [6.07, 6.45) is -0.133. The Labute approximate surface area is 195 Å². The number of aliphatic hydroxyl groups excluding tert-OH is 1. The van der Waals surface area contributed by atoms with E-state index >= 15 is 0 Å². The third-order valence-corrected chi connectivity index (χ3v) is 6.80. The average Bonchev–Trinajstić information content (AvgIpc) is 3.42. The summed E-state index contributed by atoms with van der Waals surface area (Å²) in [5.74, 6) is 0.701. The van der Waals surface area contributed by atoms with Crippen LogP contribution in [0.4, 0.5) is 4.79 Å². The van der Waals surface area contributed by atoms with Crippen molar-refractivity contribution in [3.05, 3.63) is 57.6 Å². The number of fused-ring (bicyclic) bond motifs is 2. The normalized spacial score (nSPS) is 22.2. The number of nitrogens with one attached hydrogen (secondary N) is 1. The van der Waals surface area contributed by atoms with Crippen LogP contribution in [0.2, 0.25) is 10.0 Å². The smallest absolute Gasteiger partial charge is 0.410 e. The Bertz CT molecular complexity index is 1120. The second-order valence-corrected chi connectivity index (χ2v) is 9.36. The fraction of sp³-hybridized carbons (Fsp3) is 0.409. The second kappa shape index (κ2) is 8.86. The molecule has 1 aromatic heterocycles. The van der Waals surface area contributed by atoms with Crippen molar-refractivity contribution in [2.75, 3.05) is 26.2 Å². The Morgan fingerprint density at radius 3 is 2.66 bits per heavy atom. The fourth-order valence-electron chi connectivity index (χ4n) is 4.73. The summed E-state index contributed by atoms with van der Waals surface area (Å²) in [6.45, 7) is 2.90. The van der Waals surface area contributed by atoms with E-state index in [4.69, 9.17) is 27.9 Å². The number of halogens is 2. The topological polar surface area (TPSA) is 94.6 Å². The molecule has 2 aliphatic heterocycles. The minimum atomic E-state index is -0.717. The molecule has 0 radical (unpaired) electrons. The summed E-state index contributed by atoms with van der Waals surface area (Å²) in [5.41, 5.74) is 3.04. The van der Waals surface area contributed by atoms with E-state index in [1.807, 2.05) is 18.2 Å². The van der Waals surface area contributed by atoms with Crippen LogP contribution in [-0.2, 0) is 11.3 Å². The minimum absolute atomic E-state index is 0.125. The molecule has 1 amide bonds. The number of nitrogens with zero attached hydrogens (tertiary/aromatic N) is 4. The van der Waals surface area contributed by atoms with Crippen LogP contribution in [0.3, 0.4) is 0 Å². The lowest BCUT2D eigenvalue weighted by molar-refractivity contribution is -0.0302. The van der Waals surface area contributed by atoms with Gasteiger partial charge in [0, 0.05) is 36.2 Å². The van der Waals surface area contributed by atoms with Crippen molar-refractivity contribution in [2.45, 2.75) is 19.3 Å². The van der Waals surface area contributed by atoms with E-state index in [1.165, 1.54) is 0 Å². The molecule has 0 aliphatic carbocycles. The first-order valence-corrected chi connectivity index (χ1v) is 11.3. The third-order valence-electron chi connectivity index (χ3n) is 6.36. The maximum Gasteiger partial charge on any atom is 0.410 e. The molecule has 0 saturated carbocycles. The summed E-state index contributed by atoms with van der Waals surface area (Å²) in [6, 6.07) is 10.7. The number of hydrogen-bond donors (Lipinski definition) is 2. The van der Waals surface area contributed by atoms with Gasteiger partial charge >= 0.3 is 6.09 Å². The number of aromatic amines is 1. The molecule has 2 aromatic carbocycles. The van der Waals surface area contributed by atoms with E-state index in [0.29, 0.717) is 35.0 Å². The number of H-pyrrole nitrogens is 1. The molecule has 0 spiro atoms. The molecule has 3 aromatic rings. The number of hydrogen-bond acceptors (Lipinski definition) is 6. The molecule has 2 N–H and O–H groups in total. The lowest BCUT2D eigenvalue weighted by Gasteiger charge is -2.37. The van der Waals surface area contributed by atoms with Crippen molar-refractivity contribution in [3.63, 3.8) is 0 Å². The van der Waals surface area contributed by atoms with Gasteiger partial charge in [0.1, 0.15) is 23.9 Å². The van der Waals surface area contributed by atoms with Crippen LogP contribution in [-0.4, -0.2) is 62.6 Å². The van der Waals surface area contributed by atoms with E-state index in [9.17, 15) is 9.90 Å². The Hall–Kier alpha value is -2.39. The van der Waals surface area contributed by atoms with Gasteiger partial charge in [-0.3, -0.25) is 4.90 Å². The van der Waals surface area contributed by atoms with Gasteiger partial charge < -0.3 is 14.7 Å². The van der Waals surface area contributed by atoms with E-state index < -0.39 is 6.23 Å². The van der Waals surface area contributed by atoms with Gasteiger partial charge in [-0.25, -0.2) is 4.79 Å². The van der Waals surface area contributed by atoms with Crippen molar-refractivity contribution in [3.8, 4) is 0 Å². The van der Waals surface area contributed by atoms with Crippen molar-refractivity contribution in [1.82, 2.24) is 25.2 Å². The summed E-state index contributed by atoms with van der Waals surface area (Å²) < 4.78 is 5.50. The molecule has 5 rings (SSSR count). The molecule has 1 unspecified atom stereocenters. The van der Waals surface area contributed by atoms with Crippen molar-refractivity contribution < 1.29 is 14.6 Å². The standard InChI is InChI=1S/C22H23Cl2N5O3/c23-17-5-13(6-18(24)8-17)12-32-22(31)29-9-15-3-4-28(10-16(15)11-29)21(30)14-1-2-19-20(7-14)26-27-25-19/h1-2,5-8,15-16,21,30H,3-4,9-12H2,(H,25,26,27)/t15-,16-,21?/m1/s1. The zero-order chi connectivity index (χ0) is 22.2. The van der Waals surface area contributed by atoms with Crippen LogP contribution in [0.5, 0.6) is 0 Å². The molecule has 3 atom stereocenters. The Morgan fingerprint density at radius 1 is 1.09 bits per heavy atom. The fourth-order valence-corrected chi connectivity index (χ4v) is 5.30. The number of benzene rings is 2. The van der Waals surface area contributed by atoms with Crippen LogP contribution >= 0.6 is 23.2 Å². The highest BCUT2D eigenvalue weighted by atomic mass is 35.5. The Kier molecular flexibility index (Phi) is 5.94. The van der Waals surface area contributed by atoms with Gasteiger partial charge in [-0.15, -0.1) is 0 Å². The molecule has 32 heavy (non-hydrogen) atoms. The van der Waals surface area contributed by atoms with E-state index in [1.54, 1.807) is 23.1 Å². The number of carbonyl (C=O) groups excluding carboxylic acids is 1. The summed E-state index contributed by atoms with van der Waals surface area (Å²) >= 11 is 12.0. The number of likely N-dealkylation sites (tertiary alicyclic amines) is 2. The monoisotopic (exact) mass is 475 g/mol. The summed E-state index contributed by atoms with van der Waals surface area (Å²) in [7, 11) is 0. The molecule has 0 bridgehead atoms. The van der Waals surface area contributed by atoms with Gasteiger partial charge in [0.25, 0.3) is 0 Å². The lowest BCUT2D eigenvalue weighted by atomic mass is 9.88. The highest BCUT2D eigenvalue weighted by Crippen LogP contribution is 2.35. The molecular weight excluding hydrogens is 453 g/mol. The van der Waals surface area contributed by atoms with Crippen LogP contribution in [0.1, 0.15) is 23.8 Å². The lowest BCUT2D eigenvalue weighted by Crippen LogP contribution is -2.42.